The first-order chi connectivity index (χ1) is 14.4. The van der Waals surface area contributed by atoms with Crippen LogP contribution in [-0.4, -0.2) is 56.8 Å². The summed E-state index contributed by atoms with van der Waals surface area (Å²) in [6.45, 7) is 7.25. The number of nitrogens with one attached hydrogen (secondary N) is 1. The fourth-order valence-corrected chi connectivity index (χ4v) is 4.32. The molecule has 30 heavy (non-hydrogen) atoms. The van der Waals surface area contributed by atoms with Crippen molar-refractivity contribution in [2.24, 2.45) is 10.7 Å². The quantitative estimate of drug-likeness (QED) is 0.314. The summed E-state index contributed by atoms with van der Waals surface area (Å²) in [6, 6.07) is 12.9. The predicted octanol–water partition coefficient (Wildman–Crippen LogP) is 3.02. The van der Waals surface area contributed by atoms with Crippen molar-refractivity contribution in [3.8, 4) is 0 Å². The summed E-state index contributed by atoms with van der Waals surface area (Å²) >= 11 is 1.50. The second-order valence-corrected chi connectivity index (χ2v) is 8.97. The molecule has 0 atom stereocenters. The third-order valence-corrected chi connectivity index (χ3v) is 6.32. The number of nitrogens with two attached hydrogens (primary N) is 1. The Morgan fingerprint density at radius 3 is 2.77 bits per heavy atom. The van der Waals surface area contributed by atoms with Gasteiger partial charge in [-0.2, -0.15) is 11.3 Å². The topological polar surface area (TPSA) is 56.9 Å². The van der Waals surface area contributed by atoms with E-state index in [1.165, 1.54) is 29.7 Å². The van der Waals surface area contributed by atoms with E-state index >= 15 is 0 Å². The maximum absolute atomic E-state index is 6.04. The molecule has 0 amide bonds. The van der Waals surface area contributed by atoms with Gasteiger partial charge in [-0.1, -0.05) is 24.8 Å². The van der Waals surface area contributed by atoms with E-state index in [0.29, 0.717) is 12.0 Å². The molecule has 1 aliphatic heterocycles. The van der Waals surface area contributed by atoms with Crippen molar-refractivity contribution in [3.05, 3.63) is 65.7 Å². The van der Waals surface area contributed by atoms with E-state index in [4.69, 9.17) is 13.6 Å². The van der Waals surface area contributed by atoms with Gasteiger partial charge in [0.05, 0.1) is 0 Å². The number of likely N-dealkylation sites (tertiary alicyclic amines) is 1. The molecule has 7 heteroatoms. The lowest BCUT2D eigenvalue weighted by Crippen LogP contribution is -2.41. The van der Waals surface area contributed by atoms with Gasteiger partial charge in [0.1, 0.15) is 7.85 Å². The van der Waals surface area contributed by atoms with Crippen LogP contribution < -0.4 is 15.8 Å². The van der Waals surface area contributed by atoms with Gasteiger partial charge in [-0.05, 0) is 80.2 Å². The van der Waals surface area contributed by atoms with Crippen LogP contribution >= 0.6 is 11.3 Å². The molecule has 2 heterocycles. The number of aliphatic imine (C=N–C) groups is 1. The standard InChI is InChI=1S/C23H30BN5S/c1-17(21-7-8-22(24)30-21)9-12-26-23(25)27-19-6-4-5-18(15-19)16-29-13-10-20(11-14-29)28(2)3/h4-9,12,15,20H,1,10-11,13-14,16H2,2-3H3,(H3,25,26,27)/b12-9-. The minimum absolute atomic E-state index is 0.341. The van der Waals surface area contributed by atoms with E-state index in [1.54, 1.807) is 6.20 Å². The highest BCUT2D eigenvalue weighted by molar-refractivity contribution is 7.21. The van der Waals surface area contributed by atoms with Crippen LogP contribution in [0.25, 0.3) is 5.57 Å². The van der Waals surface area contributed by atoms with Gasteiger partial charge >= 0.3 is 0 Å². The lowest BCUT2D eigenvalue weighted by molar-refractivity contribution is 0.140. The van der Waals surface area contributed by atoms with Gasteiger partial charge in [0.25, 0.3) is 0 Å². The van der Waals surface area contributed by atoms with Crippen LogP contribution in [0.5, 0.6) is 0 Å². The van der Waals surface area contributed by atoms with Gasteiger partial charge in [0.15, 0.2) is 5.96 Å². The molecule has 1 fully saturated rings. The number of guanidine groups is 1. The SMILES string of the molecule is [B]c1ccc(C(=C)/C=C\N=C(N)Nc2cccc(CN3CCC(N(C)C)CC3)c2)s1. The van der Waals surface area contributed by atoms with Crippen molar-refractivity contribution >= 4 is 41.2 Å². The number of hydrogen-bond donors (Lipinski definition) is 2. The zero-order valence-electron chi connectivity index (χ0n) is 17.8. The molecule has 5 nitrogen and oxygen atoms in total. The molecule has 2 radical (unpaired) electrons. The summed E-state index contributed by atoms with van der Waals surface area (Å²) < 4.78 is 0.770. The molecule has 0 saturated carbocycles. The van der Waals surface area contributed by atoms with Crippen LogP contribution in [0.4, 0.5) is 5.69 Å². The van der Waals surface area contributed by atoms with Crippen molar-refractivity contribution in [2.75, 3.05) is 32.5 Å². The lowest BCUT2D eigenvalue weighted by atomic mass is 10.0. The highest BCUT2D eigenvalue weighted by Gasteiger charge is 2.20. The smallest absolute Gasteiger partial charge is 0.197 e. The van der Waals surface area contributed by atoms with Crippen LogP contribution in [0.3, 0.4) is 0 Å². The van der Waals surface area contributed by atoms with E-state index < -0.39 is 0 Å². The van der Waals surface area contributed by atoms with Crippen LogP contribution in [0.1, 0.15) is 23.3 Å². The first-order valence-corrected chi connectivity index (χ1v) is 11.0. The number of benzene rings is 1. The second kappa shape index (κ2) is 10.6. The van der Waals surface area contributed by atoms with Crippen molar-refractivity contribution in [1.82, 2.24) is 9.80 Å². The summed E-state index contributed by atoms with van der Waals surface area (Å²) in [5.41, 5.74) is 9.11. The normalized spacial score (nSPS) is 16.4. The van der Waals surface area contributed by atoms with Gasteiger partial charge < -0.3 is 16.0 Å². The van der Waals surface area contributed by atoms with Crippen molar-refractivity contribution < 1.29 is 0 Å². The molecular formula is C23H30BN5S. The third kappa shape index (κ3) is 6.59. The van der Waals surface area contributed by atoms with Gasteiger partial charge in [-0.15, -0.1) is 0 Å². The van der Waals surface area contributed by atoms with Crippen molar-refractivity contribution in [3.63, 3.8) is 0 Å². The van der Waals surface area contributed by atoms with Crippen molar-refractivity contribution in [1.29, 1.82) is 0 Å². The number of nitrogens with zero attached hydrogens (tertiary/aromatic N) is 3. The molecule has 0 spiro atoms. The lowest BCUT2D eigenvalue weighted by Gasteiger charge is -2.35. The van der Waals surface area contributed by atoms with E-state index in [0.717, 1.165) is 40.5 Å². The van der Waals surface area contributed by atoms with E-state index in [-0.39, 0.29) is 0 Å². The zero-order valence-corrected chi connectivity index (χ0v) is 18.7. The molecule has 0 aliphatic carbocycles. The Kier molecular flexibility index (Phi) is 7.91. The first kappa shape index (κ1) is 22.3. The highest BCUT2D eigenvalue weighted by Crippen LogP contribution is 2.19. The van der Waals surface area contributed by atoms with E-state index in [2.05, 4.69) is 59.0 Å². The van der Waals surface area contributed by atoms with Crippen LogP contribution in [0.2, 0.25) is 0 Å². The highest BCUT2D eigenvalue weighted by atomic mass is 32.1. The first-order valence-electron chi connectivity index (χ1n) is 10.2. The molecule has 2 aromatic rings. The largest absolute Gasteiger partial charge is 0.369 e. The minimum atomic E-state index is 0.341. The molecule has 1 aromatic carbocycles. The van der Waals surface area contributed by atoms with Crippen LogP contribution in [-0.2, 0) is 6.54 Å². The fourth-order valence-electron chi connectivity index (χ4n) is 3.59. The van der Waals surface area contributed by atoms with Gasteiger partial charge in [0.2, 0.25) is 0 Å². The third-order valence-electron chi connectivity index (χ3n) is 5.33. The Morgan fingerprint density at radius 2 is 2.10 bits per heavy atom. The second-order valence-electron chi connectivity index (χ2n) is 7.85. The average Bonchev–Trinajstić information content (AvgIpc) is 3.15. The maximum atomic E-state index is 6.04. The van der Waals surface area contributed by atoms with Crippen LogP contribution in [0, 0.1) is 0 Å². The summed E-state index contributed by atoms with van der Waals surface area (Å²) in [4.78, 5) is 10.1. The molecule has 3 N–H and O–H groups in total. The fraction of sp³-hybridized carbons (Fsp3) is 0.348. The number of thiophene rings is 1. The Labute approximate surface area is 185 Å². The summed E-state index contributed by atoms with van der Waals surface area (Å²) in [6.07, 6.45) is 5.92. The van der Waals surface area contributed by atoms with Gasteiger partial charge in [-0.25, -0.2) is 4.99 Å². The minimum Gasteiger partial charge on any atom is -0.369 e. The number of rotatable bonds is 7. The van der Waals surface area contributed by atoms with E-state index in [1.807, 2.05) is 24.3 Å². The maximum Gasteiger partial charge on any atom is 0.197 e. The Hall–Kier alpha value is -2.35. The summed E-state index contributed by atoms with van der Waals surface area (Å²) in [7, 11) is 10.1. The monoisotopic (exact) mass is 419 g/mol. The molecule has 0 bridgehead atoms. The van der Waals surface area contributed by atoms with Gasteiger partial charge in [-0.3, -0.25) is 4.90 Å². The predicted molar refractivity (Wildman–Crippen MR) is 132 cm³/mol. The van der Waals surface area contributed by atoms with Crippen molar-refractivity contribution in [2.45, 2.75) is 25.4 Å². The number of piperidine rings is 1. The Balaban J connectivity index is 1.52. The summed E-state index contributed by atoms with van der Waals surface area (Å²) in [5, 5.41) is 3.16. The zero-order chi connectivity index (χ0) is 21.5. The van der Waals surface area contributed by atoms with Crippen LogP contribution in [0.15, 0.2) is 60.2 Å². The average molecular weight is 419 g/mol. The Bertz CT molecular complexity index is 910. The molecule has 156 valence electrons. The van der Waals surface area contributed by atoms with E-state index in [9.17, 15) is 0 Å². The molecular weight excluding hydrogens is 389 g/mol. The summed E-state index contributed by atoms with van der Waals surface area (Å²) in [5.74, 6) is 0.341. The molecule has 1 aliphatic rings. The number of allylic oxidation sites excluding steroid dienone is 2. The molecule has 3 rings (SSSR count). The Morgan fingerprint density at radius 1 is 1.33 bits per heavy atom. The van der Waals surface area contributed by atoms with Gasteiger partial charge in [0, 0.05) is 29.4 Å². The number of anilines is 1. The molecule has 1 aromatic heterocycles. The number of hydrogen-bond acceptors (Lipinski definition) is 4. The molecule has 1 saturated heterocycles. The molecule has 0 unspecified atom stereocenters.